The first-order valence-electron chi connectivity index (χ1n) is 16.3. The van der Waals surface area contributed by atoms with Gasteiger partial charge in [-0.05, 0) is 96.8 Å². The first kappa shape index (κ1) is 39.7. The van der Waals surface area contributed by atoms with Crippen molar-refractivity contribution in [2.45, 2.75) is 72.6 Å². The number of amides is 4. The van der Waals surface area contributed by atoms with Crippen molar-refractivity contribution in [1.82, 2.24) is 20.7 Å². The van der Waals surface area contributed by atoms with Gasteiger partial charge in [0, 0.05) is 12.1 Å². The Bertz CT molecular complexity index is 1840. The van der Waals surface area contributed by atoms with Crippen molar-refractivity contribution in [3.8, 4) is 17.0 Å². The molecule has 52 heavy (non-hydrogen) atoms. The second-order valence-electron chi connectivity index (χ2n) is 13.7. The van der Waals surface area contributed by atoms with E-state index >= 15 is 0 Å². The average Bonchev–Trinajstić information content (AvgIpc) is 3.42. The van der Waals surface area contributed by atoms with Crippen molar-refractivity contribution in [3.05, 3.63) is 75.5 Å². The van der Waals surface area contributed by atoms with Gasteiger partial charge < -0.3 is 24.1 Å². The molecule has 1 aromatic heterocycles. The highest BCUT2D eigenvalue weighted by molar-refractivity contribution is 6.40. The molecule has 0 fully saturated rings. The molecule has 5 heterocycles. The van der Waals surface area contributed by atoms with Crippen molar-refractivity contribution >= 4 is 58.8 Å². The number of nitrogens with one attached hydrogen (secondary N) is 3. The standard InChI is InChI=1S/C36H42Cl2N6O8/c1-21-28-29(43-52-21)23-11-13-24(14-12-23)49-16-10-8-9-15-44(34(48)51-36(5,6)7)20-27(45)40-30-25(37)17-22(18-26(30)38)19-39-32(41-31(28)46)42-33(47)50-35(2,3)4/h8,10-14,17-18H,9,15-16,19-20H2,1-7H3,(H,40,45)(H2,39,41,42,46,47)/b10-8+. The number of aryl methyl sites for hydroxylation is 1. The van der Waals surface area contributed by atoms with E-state index in [0.29, 0.717) is 23.3 Å². The monoisotopic (exact) mass is 756 g/mol. The van der Waals surface area contributed by atoms with E-state index in [-0.39, 0.29) is 65.0 Å². The van der Waals surface area contributed by atoms with Gasteiger partial charge in [-0.15, -0.1) is 0 Å². The summed E-state index contributed by atoms with van der Waals surface area (Å²) in [7, 11) is 0. The molecule has 3 N–H and O–H groups in total. The summed E-state index contributed by atoms with van der Waals surface area (Å²) in [6.45, 7) is 11.8. The Labute approximate surface area is 311 Å². The number of aromatic nitrogens is 1. The summed E-state index contributed by atoms with van der Waals surface area (Å²) >= 11 is 13.1. The molecule has 0 atom stereocenters. The van der Waals surface area contributed by atoms with Gasteiger partial charge in [0.1, 0.15) is 47.1 Å². The summed E-state index contributed by atoms with van der Waals surface area (Å²) in [5.41, 5.74) is -0.0788. The predicted molar refractivity (Wildman–Crippen MR) is 197 cm³/mol. The topological polar surface area (TPSA) is 174 Å². The van der Waals surface area contributed by atoms with Crippen molar-refractivity contribution < 1.29 is 37.9 Å². The van der Waals surface area contributed by atoms with Crippen LogP contribution in [0.4, 0.5) is 15.3 Å². The first-order chi connectivity index (χ1) is 24.4. The molecule has 278 valence electrons. The third-order valence-electron chi connectivity index (χ3n) is 6.92. The summed E-state index contributed by atoms with van der Waals surface area (Å²) in [6.07, 6.45) is 2.50. The molecule has 16 heteroatoms. The SMILES string of the molecule is Cc1onc2c1C(=O)NC(NC(=O)OC(C)(C)C)=NCc1cc(Cl)c(c(Cl)c1)NC(=O)CN(C(=O)OC(C)(C)C)CC/C=C/COc1ccc-2cc1. The molecule has 4 aliphatic rings. The Morgan fingerprint density at radius 1 is 0.942 bits per heavy atom. The smallest absolute Gasteiger partial charge is 0.414 e. The molecule has 0 saturated carbocycles. The number of hydrogen-bond donors (Lipinski definition) is 3. The highest BCUT2D eigenvalue weighted by Crippen LogP contribution is 2.32. The zero-order valence-corrected chi connectivity index (χ0v) is 31.5. The lowest BCUT2D eigenvalue weighted by Gasteiger charge is -2.27. The summed E-state index contributed by atoms with van der Waals surface area (Å²) in [5.74, 6) is -0.670. The number of guanidine groups is 1. The summed E-state index contributed by atoms with van der Waals surface area (Å²) in [6, 6.07) is 9.93. The Hall–Kier alpha value is -5.08. The highest BCUT2D eigenvalue weighted by atomic mass is 35.5. The van der Waals surface area contributed by atoms with Crippen molar-refractivity contribution in [2.24, 2.45) is 4.99 Å². The fourth-order valence-corrected chi connectivity index (χ4v) is 5.33. The largest absolute Gasteiger partial charge is 0.490 e. The molecule has 3 aromatic rings. The predicted octanol–water partition coefficient (Wildman–Crippen LogP) is 7.28. The zero-order chi connectivity index (χ0) is 38.2. The van der Waals surface area contributed by atoms with Gasteiger partial charge in [-0.3, -0.25) is 25.1 Å². The zero-order valence-electron chi connectivity index (χ0n) is 30.0. The van der Waals surface area contributed by atoms with E-state index in [9.17, 15) is 19.2 Å². The molecule has 4 bridgehead atoms. The second-order valence-corrected chi connectivity index (χ2v) is 14.5. The van der Waals surface area contributed by atoms with E-state index in [4.69, 9.17) is 41.9 Å². The Balaban J connectivity index is 1.71. The lowest BCUT2D eigenvalue weighted by Crippen LogP contribution is -2.46. The van der Waals surface area contributed by atoms with Crippen LogP contribution in [0.25, 0.3) is 11.3 Å². The van der Waals surface area contributed by atoms with E-state index in [1.165, 1.54) is 17.0 Å². The van der Waals surface area contributed by atoms with Crippen molar-refractivity contribution in [3.63, 3.8) is 0 Å². The molecule has 0 saturated heterocycles. The summed E-state index contributed by atoms with van der Waals surface area (Å²) < 4.78 is 22.1. The number of nitrogens with zero attached hydrogens (tertiary/aromatic N) is 3. The third-order valence-corrected chi connectivity index (χ3v) is 7.52. The van der Waals surface area contributed by atoms with E-state index in [1.807, 2.05) is 6.08 Å². The number of anilines is 1. The molecule has 2 aromatic carbocycles. The van der Waals surface area contributed by atoms with Crippen LogP contribution in [0.15, 0.2) is 58.1 Å². The molecular formula is C36H42Cl2N6O8. The number of carbonyl (C=O) groups excluding carboxylic acids is 4. The Morgan fingerprint density at radius 2 is 1.60 bits per heavy atom. The van der Waals surface area contributed by atoms with Crippen LogP contribution in [0.5, 0.6) is 5.75 Å². The number of carbonyl (C=O) groups is 4. The van der Waals surface area contributed by atoms with Gasteiger partial charge in [0.25, 0.3) is 5.91 Å². The summed E-state index contributed by atoms with van der Waals surface area (Å²) in [4.78, 5) is 58.3. The number of ether oxygens (including phenoxy) is 3. The van der Waals surface area contributed by atoms with E-state index < -0.39 is 35.2 Å². The van der Waals surface area contributed by atoms with Crippen LogP contribution in [-0.4, -0.2) is 70.9 Å². The van der Waals surface area contributed by atoms with Gasteiger partial charge in [-0.2, -0.15) is 0 Å². The number of rotatable bonds is 0. The molecule has 0 spiro atoms. The molecule has 0 radical (unpaired) electrons. The number of aliphatic imine (C=N–C) groups is 1. The van der Waals surface area contributed by atoms with Gasteiger partial charge >= 0.3 is 12.2 Å². The lowest BCUT2D eigenvalue weighted by atomic mass is 10.1. The van der Waals surface area contributed by atoms with Gasteiger partial charge in [-0.1, -0.05) is 40.5 Å². The fraction of sp³-hybridized carbons (Fsp3) is 0.389. The van der Waals surface area contributed by atoms with Gasteiger partial charge in [0.2, 0.25) is 11.9 Å². The second kappa shape index (κ2) is 17.0. The number of halogens is 2. The minimum atomic E-state index is -0.863. The van der Waals surface area contributed by atoms with Crippen LogP contribution in [-0.2, 0) is 20.8 Å². The fourth-order valence-electron chi connectivity index (χ4n) is 4.71. The Kier molecular flexibility index (Phi) is 12.9. The maximum absolute atomic E-state index is 13.7. The van der Waals surface area contributed by atoms with Gasteiger partial charge in [-0.25, -0.2) is 14.6 Å². The van der Waals surface area contributed by atoms with Crippen molar-refractivity contribution in [1.29, 1.82) is 0 Å². The van der Waals surface area contributed by atoms with Crippen LogP contribution in [0.1, 0.15) is 69.6 Å². The van der Waals surface area contributed by atoms with Crippen LogP contribution < -0.4 is 20.7 Å². The molecule has 7 rings (SSSR count). The summed E-state index contributed by atoms with van der Waals surface area (Å²) in [5, 5.41) is 12.0. The normalized spacial score (nSPS) is 15.6. The minimum Gasteiger partial charge on any atom is -0.490 e. The highest BCUT2D eigenvalue weighted by Gasteiger charge is 2.26. The Morgan fingerprint density at radius 3 is 2.23 bits per heavy atom. The van der Waals surface area contributed by atoms with Crippen LogP contribution >= 0.6 is 23.2 Å². The maximum Gasteiger partial charge on any atom is 0.414 e. The van der Waals surface area contributed by atoms with Crippen LogP contribution in [0.3, 0.4) is 0 Å². The molecular weight excluding hydrogens is 715 g/mol. The molecule has 4 amide bonds. The molecule has 0 aliphatic carbocycles. The average molecular weight is 758 g/mol. The van der Waals surface area contributed by atoms with Gasteiger partial charge in [0.05, 0.1) is 22.3 Å². The quantitative estimate of drug-likeness (QED) is 0.199. The minimum absolute atomic E-state index is 0.0876. The lowest BCUT2D eigenvalue weighted by molar-refractivity contribution is -0.117. The molecule has 0 unspecified atom stereocenters. The number of benzene rings is 2. The number of alkyl carbamates (subject to hydrolysis) is 1. The molecule has 14 nitrogen and oxygen atoms in total. The maximum atomic E-state index is 13.7. The first-order valence-corrected chi connectivity index (χ1v) is 17.1. The van der Waals surface area contributed by atoms with E-state index in [1.54, 1.807) is 78.8 Å². The molecule has 4 aliphatic heterocycles. The van der Waals surface area contributed by atoms with Crippen LogP contribution in [0.2, 0.25) is 10.0 Å². The van der Waals surface area contributed by atoms with E-state index in [0.717, 1.165) is 0 Å². The van der Waals surface area contributed by atoms with Gasteiger partial charge in [0.15, 0.2) is 0 Å². The van der Waals surface area contributed by atoms with Crippen LogP contribution in [0, 0.1) is 6.92 Å². The van der Waals surface area contributed by atoms with Crippen molar-refractivity contribution in [2.75, 3.05) is 25.0 Å². The van der Waals surface area contributed by atoms with E-state index in [2.05, 4.69) is 26.1 Å². The third kappa shape index (κ3) is 11.7. The number of hydrogen-bond acceptors (Lipinski definition) is 10.